The van der Waals surface area contributed by atoms with E-state index >= 15 is 0 Å². The summed E-state index contributed by atoms with van der Waals surface area (Å²) in [5.74, 6) is 0.395. The summed E-state index contributed by atoms with van der Waals surface area (Å²) < 4.78 is 12.4. The third-order valence-corrected chi connectivity index (χ3v) is 2.97. The second-order valence-corrected chi connectivity index (χ2v) is 4.83. The second-order valence-electron chi connectivity index (χ2n) is 4.83. The predicted octanol–water partition coefficient (Wildman–Crippen LogP) is 2.75. The Balaban J connectivity index is 2.12. The van der Waals surface area contributed by atoms with Gasteiger partial charge in [0.1, 0.15) is 18.1 Å². The van der Waals surface area contributed by atoms with Gasteiger partial charge in [-0.1, -0.05) is 0 Å². The minimum Gasteiger partial charge on any atom is -0.497 e. The summed E-state index contributed by atoms with van der Waals surface area (Å²) in [7, 11) is 1.60. The number of carbonyl (C=O) groups is 1. The first-order valence-corrected chi connectivity index (χ1v) is 6.60. The lowest BCUT2D eigenvalue weighted by molar-refractivity contribution is 0.0689. The van der Waals surface area contributed by atoms with Gasteiger partial charge in [-0.15, -0.1) is 0 Å². The Bertz CT molecular complexity index is 617. The topological polar surface area (TPSA) is 73.6 Å². The van der Waals surface area contributed by atoms with Crippen molar-refractivity contribution in [2.45, 2.75) is 26.5 Å². The zero-order valence-electron chi connectivity index (χ0n) is 12.2. The largest absolute Gasteiger partial charge is 0.497 e. The normalized spacial score (nSPS) is 10.7. The highest BCUT2D eigenvalue weighted by Gasteiger charge is 2.15. The van der Waals surface area contributed by atoms with Crippen molar-refractivity contribution in [2.24, 2.45) is 0 Å². The number of methoxy groups -OCH3 is 1. The lowest BCUT2D eigenvalue weighted by Crippen LogP contribution is -2.10. The maximum atomic E-state index is 11.0. The molecule has 6 heteroatoms. The van der Waals surface area contributed by atoms with Crippen molar-refractivity contribution in [3.05, 3.63) is 41.7 Å². The van der Waals surface area contributed by atoms with Gasteiger partial charge in [-0.3, -0.25) is 4.68 Å². The highest BCUT2D eigenvalue weighted by atomic mass is 16.5. The highest BCUT2D eigenvalue weighted by Crippen LogP contribution is 2.19. The molecule has 0 radical (unpaired) electrons. The van der Waals surface area contributed by atoms with E-state index in [2.05, 4.69) is 5.10 Å². The van der Waals surface area contributed by atoms with E-state index in [0.717, 1.165) is 11.4 Å². The number of aromatic carboxylic acids is 1. The number of ether oxygens (including phenoxy) is 2. The van der Waals surface area contributed by atoms with Gasteiger partial charge in [0.2, 0.25) is 0 Å². The first kappa shape index (κ1) is 14.9. The van der Waals surface area contributed by atoms with E-state index < -0.39 is 5.97 Å². The number of hydrogen-bond acceptors (Lipinski definition) is 4. The Hall–Kier alpha value is -2.50. The van der Waals surface area contributed by atoms with Gasteiger partial charge in [-0.2, -0.15) is 5.10 Å². The summed E-state index contributed by atoms with van der Waals surface area (Å²) >= 11 is 0. The van der Waals surface area contributed by atoms with Gasteiger partial charge >= 0.3 is 5.97 Å². The van der Waals surface area contributed by atoms with E-state index in [0.29, 0.717) is 5.75 Å². The number of aromatic nitrogens is 2. The van der Waals surface area contributed by atoms with Gasteiger partial charge < -0.3 is 14.6 Å². The summed E-state index contributed by atoms with van der Waals surface area (Å²) in [6, 6.07) is 8.80. The van der Waals surface area contributed by atoms with Crippen LogP contribution in [-0.4, -0.2) is 28.0 Å². The van der Waals surface area contributed by atoms with Crippen molar-refractivity contribution in [2.75, 3.05) is 7.11 Å². The van der Waals surface area contributed by atoms with E-state index in [1.54, 1.807) is 36.1 Å². The van der Waals surface area contributed by atoms with Crippen LogP contribution in [-0.2, 0) is 6.61 Å². The Labute approximate surface area is 122 Å². The van der Waals surface area contributed by atoms with E-state index in [1.165, 1.54) is 6.07 Å². The molecule has 1 heterocycles. The number of nitrogens with zero attached hydrogens (tertiary/aromatic N) is 2. The van der Waals surface area contributed by atoms with Crippen LogP contribution in [0.1, 0.15) is 36.1 Å². The SMILES string of the molecule is COc1ccc(OCc2cc(C(=O)O)nn2C(C)C)cc1. The average molecular weight is 290 g/mol. The minimum atomic E-state index is -1.04. The standard InChI is InChI=1S/C15H18N2O4/c1-10(2)17-11(8-14(16-17)15(18)19)9-21-13-6-4-12(20-3)5-7-13/h4-8,10H,9H2,1-3H3,(H,18,19). The first-order chi connectivity index (χ1) is 10.0. The fraction of sp³-hybridized carbons (Fsp3) is 0.333. The third-order valence-electron chi connectivity index (χ3n) is 2.97. The molecule has 0 unspecified atom stereocenters. The van der Waals surface area contributed by atoms with Crippen LogP contribution in [0.4, 0.5) is 0 Å². The summed E-state index contributed by atoms with van der Waals surface area (Å²) in [5.41, 5.74) is 0.746. The van der Waals surface area contributed by atoms with Crippen LogP contribution in [0.15, 0.2) is 30.3 Å². The van der Waals surface area contributed by atoms with Crippen LogP contribution in [0.2, 0.25) is 0 Å². The van der Waals surface area contributed by atoms with Crippen molar-refractivity contribution in [1.82, 2.24) is 9.78 Å². The lowest BCUT2D eigenvalue weighted by atomic mass is 10.3. The molecule has 2 aromatic rings. The molecule has 0 saturated carbocycles. The van der Waals surface area contributed by atoms with Gasteiger partial charge in [-0.05, 0) is 44.2 Å². The molecule has 6 nitrogen and oxygen atoms in total. The number of benzene rings is 1. The molecule has 1 aromatic heterocycles. The Morgan fingerprint density at radius 1 is 1.29 bits per heavy atom. The average Bonchev–Trinajstić information content (AvgIpc) is 2.90. The van der Waals surface area contributed by atoms with Crippen molar-refractivity contribution < 1.29 is 19.4 Å². The van der Waals surface area contributed by atoms with Gasteiger partial charge in [-0.25, -0.2) is 4.79 Å². The molecule has 0 atom stereocenters. The molecule has 0 amide bonds. The van der Waals surface area contributed by atoms with Crippen LogP contribution in [0.5, 0.6) is 11.5 Å². The molecule has 1 N–H and O–H groups in total. The zero-order valence-corrected chi connectivity index (χ0v) is 12.2. The molecule has 0 spiro atoms. The number of carboxylic acid groups (broad SMARTS) is 1. The van der Waals surface area contributed by atoms with Crippen molar-refractivity contribution >= 4 is 5.97 Å². The molecular formula is C15H18N2O4. The summed E-state index contributed by atoms with van der Waals surface area (Å²) in [6.07, 6.45) is 0. The van der Waals surface area contributed by atoms with Gasteiger partial charge in [0.05, 0.1) is 12.8 Å². The first-order valence-electron chi connectivity index (χ1n) is 6.60. The third kappa shape index (κ3) is 3.53. The second kappa shape index (κ2) is 6.30. The molecule has 0 aliphatic rings. The van der Waals surface area contributed by atoms with Crippen LogP contribution >= 0.6 is 0 Å². The lowest BCUT2D eigenvalue weighted by Gasteiger charge is -2.12. The fourth-order valence-electron chi connectivity index (χ4n) is 1.92. The van der Waals surface area contributed by atoms with Crippen molar-refractivity contribution in [3.63, 3.8) is 0 Å². The molecule has 0 fully saturated rings. The Morgan fingerprint density at radius 3 is 2.43 bits per heavy atom. The summed E-state index contributed by atoms with van der Waals surface area (Å²) in [5, 5.41) is 13.1. The highest BCUT2D eigenvalue weighted by molar-refractivity contribution is 5.85. The van der Waals surface area contributed by atoms with Crippen LogP contribution in [0.25, 0.3) is 0 Å². The Morgan fingerprint density at radius 2 is 1.90 bits per heavy atom. The molecule has 112 valence electrons. The smallest absolute Gasteiger partial charge is 0.356 e. The van der Waals surface area contributed by atoms with E-state index in [9.17, 15) is 4.79 Å². The van der Waals surface area contributed by atoms with Gasteiger partial charge in [0.25, 0.3) is 0 Å². The van der Waals surface area contributed by atoms with Crippen molar-refractivity contribution in [3.8, 4) is 11.5 Å². The molecule has 0 aliphatic carbocycles. The molecule has 0 saturated heterocycles. The maximum Gasteiger partial charge on any atom is 0.356 e. The van der Waals surface area contributed by atoms with Crippen LogP contribution in [0.3, 0.4) is 0 Å². The maximum absolute atomic E-state index is 11.0. The van der Waals surface area contributed by atoms with Crippen LogP contribution < -0.4 is 9.47 Å². The predicted molar refractivity (Wildman–Crippen MR) is 76.9 cm³/mol. The number of hydrogen-bond donors (Lipinski definition) is 1. The van der Waals surface area contributed by atoms with E-state index in [1.807, 2.05) is 13.8 Å². The van der Waals surface area contributed by atoms with Gasteiger partial charge in [0, 0.05) is 6.04 Å². The molecule has 0 aliphatic heterocycles. The molecule has 1 aromatic carbocycles. The van der Waals surface area contributed by atoms with Crippen LogP contribution in [0, 0.1) is 0 Å². The van der Waals surface area contributed by atoms with Gasteiger partial charge in [0.15, 0.2) is 5.69 Å². The van der Waals surface area contributed by atoms with Crippen molar-refractivity contribution in [1.29, 1.82) is 0 Å². The quantitative estimate of drug-likeness (QED) is 0.885. The number of carboxylic acids is 1. The monoisotopic (exact) mass is 290 g/mol. The Kier molecular flexibility index (Phi) is 4.47. The van der Waals surface area contributed by atoms with E-state index in [-0.39, 0.29) is 18.3 Å². The minimum absolute atomic E-state index is 0.0250. The summed E-state index contributed by atoms with van der Waals surface area (Å²) in [4.78, 5) is 11.0. The van der Waals surface area contributed by atoms with E-state index in [4.69, 9.17) is 14.6 Å². The zero-order chi connectivity index (χ0) is 15.4. The molecular weight excluding hydrogens is 272 g/mol. The number of rotatable bonds is 6. The summed E-state index contributed by atoms with van der Waals surface area (Å²) in [6.45, 7) is 4.13. The molecule has 21 heavy (non-hydrogen) atoms. The fourth-order valence-corrected chi connectivity index (χ4v) is 1.92. The molecule has 0 bridgehead atoms. The molecule has 2 rings (SSSR count).